The normalized spacial score (nSPS) is 16.2. The molecule has 0 bridgehead atoms. The van der Waals surface area contributed by atoms with Gasteiger partial charge in [-0.05, 0) is 55.0 Å². The lowest BCUT2D eigenvalue weighted by Crippen LogP contribution is -2.06. The van der Waals surface area contributed by atoms with Crippen LogP contribution in [0.5, 0.6) is 5.75 Å². The Morgan fingerprint density at radius 1 is 1.39 bits per heavy atom. The Kier molecular flexibility index (Phi) is 4.03. The Balaban J connectivity index is 2.30. The molecule has 3 heteroatoms. The number of hydrogen-bond acceptors (Lipinski definition) is 3. The number of carbonyl (C=O) groups excluding carboxylic acids is 1. The summed E-state index contributed by atoms with van der Waals surface area (Å²) in [6.07, 6.45) is 4.64. The summed E-state index contributed by atoms with van der Waals surface area (Å²) < 4.78 is 10.2. The Morgan fingerprint density at radius 3 is 2.94 bits per heavy atom. The number of hydrogen-bond donors (Lipinski definition) is 0. The minimum absolute atomic E-state index is 0.254. The smallest absolute Gasteiger partial charge is 0.331 e. The standard InChI is InChI=1S/C15H18O3/c1-3-18-15(16)10-12-6-4-5-11-9-13(17-2)7-8-14(11)12/h7-10H,3-6H2,1-2H3/b12-10+. The zero-order chi connectivity index (χ0) is 13.0. The van der Waals surface area contributed by atoms with E-state index in [1.165, 1.54) is 5.56 Å². The number of aryl methyl sites for hydroxylation is 1. The van der Waals surface area contributed by atoms with E-state index in [0.717, 1.165) is 36.1 Å². The second-order valence-corrected chi connectivity index (χ2v) is 4.30. The largest absolute Gasteiger partial charge is 0.497 e. The van der Waals surface area contributed by atoms with Gasteiger partial charge in [0, 0.05) is 6.08 Å². The Labute approximate surface area is 107 Å². The summed E-state index contributed by atoms with van der Waals surface area (Å²) in [6, 6.07) is 6.01. The third-order valence-electron chi connectivity index (χ3n) is 3.13. The molecule has 0 aliphatic heterocycles. The summed E-state index contributed by atoms with van der Waals surface area (Å²) in [5.74, 6) is 0.613. The van der Waals surface area contributed by atoms with Crippen molar-refractivity contribution in [3.05, 3.63) is 35.4 Å². The Bertz CT molecular complexity index is 475. The summed E-state index contributed by atoms with van der Waals surface area (Å²) in [5.41, 5.74) is 3.46. The summed E-state index contributed by atoms with van der Waals surface area (Å²) in [6.45, 7) is 2.23. The summed E-state index contributed by atoms with van der Waals surface area (Å²) in [4.78, 5) is 11.5. The molecule has 0 heterocycles. The molecular formula is C15H18O3. The molecule has 0 fully saturated rings. The number of ether oxygens (including phenoxy) is 2. The highest BCUT2D eigenvalue weighted by Gasteiger charge is 2.16. The molecule has 3 nitrogen and oxygen atoms in total. The van der Waals surface area contributed by atoms with Crippen LogP contribution in [0, 0.1) is 0 Å². The molecule has 0 spiro atoms. The molecule has 0 amide bonds. The molecule has 1 aliphatic rings. The number of esters is 1. The van der Waals surface area contributed by atoms with Crippen molar-refractivity contribution in [1.82, 2.24) is 0 Å². The van der Waals surface area contributed by atoms with E-state index in [4.69, 9.17) is 9.47 Å². The van der Waals surface area contributed by atoms with Crippen molar-refractivity contribution in [3.8, 4) is 5.75 Å². The van der Waals surface area contributed by atoms with E-state index in [2.05, 4.69) is 0 Å². The number of benzene rings is 1. The van der Waals surface area contributed by atoms with E-state index in [-0.39, 0.29) is 5.97 Å². The van der Waals surface area contributed by atoms with Gasteiger partial charge in [-0.15, -0.1) is 0 Å². The van der Waals surface area contributed by atoms with Crippen LogP contribution < -0.4 is 4.74 Å². The first-order chi connectivity index (χ1) is 8.74. The van der Waals surface area contributed by atoms with Crippen molar-refractivity contribution < 1.29 is 14.3 Å². The predicted octanol–water partition coefficient (Wildman–Crippen LogP) is 2.98. The quantitative estimate of drug-likeness (QED) is 0.607. The third kappa shape index (κ3) is 2.73. The van der Waals surface area contributed by atoms with Crippen molar-refractivity contribution in [1.29, 1.82) is 0 Å². The molecule has 96 valence electrons. The average Bonchev–Trinajstić information content (AvgIpc) is 2.38. The van der Waals surface area contributed by atoms with E-state index in [0.29, 0.717) is 6.61 Å². The summed E-state index contributed by atoms with van der Waals surface area (Å²) >= 11 is 0. The highest BCUT2D eigenvalue weighted by molar-refractivity contribution is 5.92. The first-order valence-electron chi connectivity index (χ1n) is 6.29. The molecule has 0 saturated heterocycles. The maximum atomic E-state index is 11.5. The fraction of sp³-hybridized carbons (Fsp3) is 0.400. The molecule has 0 aromatic heterocycles. The van der Waals surface area contributed by atoms with E-state index in [9.17, 15) is 4.79 Å². The number of methoxy groups -OCH3 is 1. The molecule has 0 N–H and O–H groups in total. The lowest BCUT2D eigenvalue weighted by atomic mass is 9.87. The maximum Gasteiger partial charge on any atom is 0.331 e. The fourth-order valence-electron chi connectivity index (χ4n) is 2.30. The fourth-order valence-corrected chi connectivity index (χ4v) is 2.30. The van der Waals surface area contributed by atoms with Gasteiger partial charge in [0.1, 0.15) is 5.75 Å². The number of rotatable bonds is 3. The van der Waals surface area contributed by atoms with Crippen LogP contribution in [0.2, 0.25) is 0 Å². The van der Waals surface area contributed by atoms with Crippen LogP contribution in [0.4, 0.5) is 0 Å². The summed E-state index contributed by atoms with van der Waals surface area (Å²) in [7, 11) is 1.67. The predicted molar refractivity (Wildman–Crippen MR) is 70.5 cm³/mol. The van der Waals surface area contributed by atoms with Crippen molar-refractivity contribution >= 4 is 11.5 Å². The van der Waals surface area contributed by atoms with Crippen molar-refractivity contribution in [2.75, 3.05) is 13.7 Å². The van der Waals surface area contributed by atoms with Gasteiger partial charge in [-0.2, -0.15) is 0 Å². The van der Waals surface area contributed by atoms with Crippen molar-refractivity contribution in [2.45, 2.75) is 26.2 Å². The third-order valence-corrected chi connectivity index (χ3v) is 3.13. The van der Waals surface area contributed by atoms with E-state index in [1.54, 1.807) is 13.2 Å². The van der Waals surface area contributed by atoms with Gasteiger partial charge in [-0.1, -0.05) is 6.07 Å². The number of carbonyl (C=O) groups is 1. The van der Waals surface area contributed by atoms with Gasteiger partial charge >= 0.3 is 5.97 Å². The lowest BCUT2D eigenvalue weighted by Gasteiger charge is -2.19. The number of fused-ring (bicyclic) bond motifs is 1. The molecule has 0 unspecified atom stereocenters. The summed E-state index contributed by atoms with van der Waals surface area (Å²) in [5, 5.41) is 0. The van der Waals surface area contributed by atoms with Crippen LogP contribution in [0.1, 0.15) is 30.9 Å². The van der Waals surface area contributed by atoms with Gasteiger partial charge in [0.2, 0.25) is 0 Å². The Morgan fingerprint density at radius 2 is 2.22 bits per heavy atom. The molecule has 0 saturated carbocycles. The van der Waals surface area contributed by atoms with Crippen molar-refractivity contribution in [2.24, 2.45) is 0 Å². The molecule has 1 aromatic rings. The average molecular weight is 246 g/mol. The highest BCUT2D eigenvalue weighted by atomic mass is 16.5. The minimum Gasteiger partial charge on any atom is -0.497 e. The molecule has 1 aliphatic carbocycles. The van der Waals surface area contributed by atoms with Crippen LogP contribution in [0.25, 0.3) is 5.57 Å². The maximum absolute atomic E-state index is 11.5. The van der Waals surface area contributed by atoms with E-state index in [1.807, 2.05) is 25.1 Å². The van der Waals surface area contributed by atoms with Crippen molar-refractivity contribution in [3.63, 3.8) is 0 Å². The van der Waals surface area contributed by atoms with Gasteiger partial charge in [-0.25, -0.2) is 4.79 Å². The second kappa shape index (κ2) is 5.71. The molecule has 1 aromatic carbocycles. The molecular weight excluding hydrogens is 228 g/mol. The molecule has 0 radical (unpaired) electrons. The zero-order valence-corrected chi connectivity index (χ0v) is 10.9. The first-order valence-corrected chi connectivity index (χ1v) is 6.29. The van der Waals surface area contributed by atoms with E-state index >= 15 is 0 Å². The lowest BCUT2D eigenvalue weighted by molar-refractivity contribution is -0.137. The molecule has 2 rings (SSSR count). The van der Waals surface area contributed by atoms with Crippen LogP contribution >= 0.6 is 0 Å². The number of allylic oxidation sites excluding steroid dienone is 1. The molecule has 0 atom stereocenters. The zero-order valence-electron chi connectivity index (χ0n) is 10.9. The van der Waals surface area contributed by atoms with Crippen LogP contribution in [-0.2, 0) is 16.0 Å². The van der Waals surface area contributed by atoms with Crippen LogP contribution in [0.3, 0.4) is 0 Å². The van der Waals surface area contributed by atoms with Gasteiger partial charge in [0.05, 0.1) is 13.7 Å². The topological polar surface area (TPSA) is 35.5 Å². The van der Waals surface area contributed by atoms with Gasteiger partial charge < -0.3 is 9.47 Å². The van der Waals surface area contributed by atoms with Gasteiger partial charge in [0.25, 0.3) is 0 Å². The van der Waals surface area contributed by atoms with Crippen LogP contribution in [0.15, 0.2) is 24.3 Å². The SMILES string of the molecule is CCOC(=O)/C=C1\CCCc2cc(OC)ccc21. The Hall–Kier alpha value is -1.77. The molecule has 18 heavy (non-hydrogen) atoms. The first kappa shape index (κ1) is 12.7. The van der Waals surface area contributed by atoms with Gasteiger partial charge in [0.15, 0.2) is 0 Å². The highest BCUT2D eigenvalue weighted by Crippen LogP contribution is 2.32. The van der Waals surface area contributed by atoms with E-state index < -0.39 is 0 Å². The minimum atomic E-state index is -0.254. The second-order valence-electron chi connectivity index (χ2n) is 4.30. The monoisotopic (exact) mass is 246 g/mol. The van der Waals surface area contributed by atoms with Gasteiger partial charge in [-0.3, -0.25) is 0 Å². The van der Waals surface area contributed by atoms with Crippen LogP contribution in [-0.4, -0.2) is 19.7 Å².